The van der Waals surface area contributed by atoms with Gasteiger partial charge >= 0.3 is 16.4 Å². The number of ether oxygens (including phenoxy) is 2. The van der Waals surface area contributed by atoms with Crippen LogP contribution in [0.3, 0.4) is 0 Å². The zero-order valence-electron chi connectivity index (χ0n) is 23.6. The van der Waals surface area contributed by atoms with Gasteiger partial charge in [-0.3, -0.25) is 9.35 Å². The molecule has 12 atom stereocenters. The van der Waals surface area contributed by atoms with Gasteiger partial charge in [-0.1, -0.05) is 46.3 Å². The van der Waals surface area contributed by atoms with Gasteiger partial charge in [0.2, 0.25) is 0 Å². The van der Waals surface area contributed by atoms with Crippen LogP contribution in [0.15, 0.2) is 11.6 Å². The van der Waals surface area contributed by atoms with Crippen molar-refractivity contribution in [1.29, 1.82) is 0 Å². The molecule has 5 aliphatic rings. The highest BCUT2D eigenvalue weighted by Crippen LogP contribution is 2.67. The molecule has 4 aliphatic carbocycles. The molecule has 3 saturated carbocycles. The third-order valence-electron chi connectivity index (χ3n) is 11.2. The van der Waals surface area contributed by atoms with E-state index in [2.05, 4.69) is 40.7 Å². The van der Waals surface area contributed by atoms with Crippen molar-refractivity contribution in [2.24, 2.45) is 46.3 Å². The summed E-state index contributed by atoms with van der Waals surface area (Å²) in [7, 11) is -4.80. The fourth-order valence-corrected chi connectivity index (χ4v) is 10.1. The Morgan fingerprint density at radius 1 is 1.16 bits per heavy atom. The molecule has 2 N–H and O–H groups in total. The van der Waals surface area contributed by atoms with E-state index in [1.54, 1.807) is 0 Å². The van der Waals surface area contributed by atoms with Gasteiger partial charge in [0.15, 0.2) is 0 Å². The van der Waals surface area contributed by atoms with E-state index in [1.165, 1.54) is 18.9 Å². The second-order valence-corrected chi connectivity index (χ2v) is 14.9. The van der Waals surface area contributed by atoms with Crippen molar-refractivity contribution in [3.8, 4) is 0 Å². The Morgan fingerprint density at radius 2 is 1.84 bits per heavy atom. The number of epoxide rings is 1. The molecule has 0 amide bonds. The first-order chi connectivity index (χ1) is 17.7. The Hall–Kier alpha value is -1.00. The number of aliphatic hydroxyl groups excluding tert-OH is 1. The van der Waals surface area contributed by atoms with Crippen molar-refractivity contribution in [2.45, 2.75) is 117 Å². The maximum Gasteiger partial charge on any atom is 0.397 e. The highest BCUT2D eigenvalue weighted by atomic mass is 32.3. The molecular weight excluding hydrogens is 508 g/mol. The number of fused-ring (bicyclic) bond motifs is 5. The SMILES string of the molecule is CC(=O)O[C@@H]1C[C@]2(C)[C@H]3CC[C@]4(C)[C@@H]([C@H](C)[C@@H]5O[C@H]5CC(C)C)CC[C@H]4C3=CC[C@H]2[C@H](OS(=O)(=O)O)[C@H]1O. The highest BCUT2D eigenvalue weighted by Gasteiger charge is 2.63. The van der Waals surface area contributed by atoms with Gasteiger partial charge in [0.1, 0.15) is 18.3 Å². The normalized spacial score (nSPS) is 47.0. The van der Waals surface area contributed by atoms with Crippen LogP contribution in [-0.4, -0.2) is 54.6 Å². The zero-order valence-corrected chi connectivity index (χ0v) is 24.4. The predicted octanol–water partition coefficient (Wildman–Crippen LogP) is 4.72. The van der Waals surface area contributed by atoms with Crippen molar-refractivity contribution in [1.82, 2.24) is 0 Å². The average molecular weight is 555 g/mol. The number of allylic oxidation sites excluding steroid dienone is 2. The molecule has 216 valence electrons. The van der Waals surface area contributed by atoms with E-state index >= 15 is 0 Å². The standard InChI is InChI=1S/C29H46O8S/c1-15(2)13-23-26(36-23)16(3)19-9-10-20-18-7-8-22-27(37-38(32,33)34)25(31)24(35-17(4)30)14-29(22,6)21(18)11-12-28(19,20)5/h7,15-16,19-27,31H,8-14H2,1-6H3,(H,32,33,34)/t16-,19+,20-,21-,22-,23-,24+,25-,26-,27-,28+,29+/m0/s1. The molecule has 5 rings (SSSR count). The largest absolute Gasteiger partial charge is 0.460 e. The molecule has 0 aromatic carbocycles. The van der Waals surface area contributed by atoms with Crippen molar-refractivity contribution in [3.05, 3.63) is 11.6 Å². The Kier molecular flexibility index (Phi) is 7.37. The lowest BCUT2D eigenvalue weighted by Gasteiger charge is -2.59. The van der Waals surface area contributed by atoms with Gasteiger partial charge in [0.05, 0.1) is 12.2 Å². The Balaban J connectivity index is 1.41. The maximum atomic E-state index is 11.9. The van der Waals surface area contributed by atoms with Crippen LogP contribution in [-0.2, 0) is 28.9 Å². The van der Waals surface area contributed by atoms with Crippen LogP contribution in [0.2, 0.25) is 0 Å². The number of hydrogen-bond donors (Lipinski definition) is 2. The smallest absolute Gasteiger partial charge is 0.397 e. The molecule has 9 heteroatoms. The first kappa shape index (κ1) is 28.5. The molecule has 0 bridgehead atoms. The minimum atomic E-state index is -4.80. The van der Waals surface area contributed by atoms with Crippen LogP contribution in [0.1, 0.15) is 86.5 Å². The number of carbonyl (C=O) groups excluding carboxylic acids is 1. The van der Waals surface area contributed by atoms with E-state index < -0.39 is 40.1 Å². The fourth-order valence-electron chi connectivity index (χ4n) is 9.58. The molecule has 1 saturated heterocycles. The molecule has 1 heterocycles. The average Bonchev–Trinajstić information content (AvgIpc) is 3.45. The molecule has 0 aromatic rings. The van der Waals surface area contributed by atoms with E-state index in [1.807, 2.05) is 0 Å². The summed E-state index contributed by atoms with van der Waals surface area (Å²) < 4.78 is 49.8. The summed E-state index contributed by atoms with van der Waals surface area (Å²) >= 11 is 0. The van der Waals surface area contributed by atoms with Gasteiger partial charge in [-0.2, -0.15) is 8.42 Å². The van der Waals surface area contributed by atoms with Crippen LogP contribution < -0.4 is 0 Å². The molecule has 4 fully saturated rings. The quantitative estimate of drug-likeness (QED) is 0.201. The van der Waals surface area contributed by atoms with E-state index in [4.69, 9.17) is 13.7 Å². The van der Waals surface area contributed by atoms with Gasteiger partial charge in [-0.15, -0.1) is 0 Å². The summed E-state index contributed by atoms with van der Waals surface area (Å²) in [5.74, 6) is 1.53. The van der Waals surface area contributed by atoms with E-state index in [9.17, 15) is 22.9 Å². The summed E-state index contributed by atoms with van der Waals surface area (Å²) in [6.45, 7) is 12.8. The molecule has 0 radical (unpaired) electrons. The van der Waals surface area contributed by atoms with Crippen LogP contribution in [0, 0.1) is 46.3 Å². The summed E-state index contributed by atoms with van der Waals surface area (Å²) in [6.07, 6.45) is 6.08. The third kappa shape index (κ3) is 4.89. The molecule has 0 spiro atoms. The van der Waals surface area contributed by atoms with E-state index in [0.717, 1.165) is 25.7 Å². The molecule has 8 nitrogen and oxygen atoms in total. The third-order valence-corrected chi connectivity index (χ3v) is 11.7. The fraction of sp³-hybridized carbons (Fsp3) is 0.897. The number of aliphatic hydroxyl groups is 1. The maximum absolute atomic E-state index is 11.9. The number of carbonyl (C=O) groups is 1. The van der Waals surface area contributed by atoms with Crippen molar-refractivity contribution in [3.63, 3.8) is 0 Å². The van der Waals surface area contributed by atoms with Crippen LogP contribution in [0.25, 0.3) is 0 Å². The second kappa shape index (κ2) is 9.82. The monoisotopic (exact) mass is 554 g/mol. The molecule has 1 aliphatic heterocycles. The molecule has 0 aromatic heterocycles. The topological polar surface area (TPSA) is 123 Å². The Morgan fingerprint density at radius 3 is 2.47 bits per heavy atom. The Bertz CT molecular complexity index is 1070. The predicted molar refractivity (Wildman–Crippen MR) is 141 cm³/mol. The van der Waals surface area contributed by atoms with Crippen LogP contribution in [0.4, 0.5) is 0 Å². The van der Waals surface area contributed by atoms with Gasteiger partial charge in [-0.05, 0) is 91.3 Å². The van der Waals surface area contributed by atoms with Gasteiger partial charge < -0.3 is 14.6 Å². The van der Waals surface area contributed by atoms with Gasteiger partial charge in [-0.25, -0.2) is 4.18 Å². The van der Waals surface area contributed by atoms with Crippen LogP contribution >= 0.6 is 0 Å². The molecule has 0 unspecified atom stereocenters. The molecular formula is C29H46O8S. The number of hydrogen-bond acceptors (Lipinski definition) is 7. The molecule has 38 heavy (non-hydrogen) atoms. The first-order valence-electron chi connectivity index (χ1n) is 14.5. The minimum Gasteiger partial charge on any atom is -0.460 e. The van der Waals surface area contributed by atoms with E-state index in [0.29, 0.717) is 48.7 Å². The van der Waals surface area contributed by atoms with Crippen molar-refractivity contribution < 1.29 is 36.5 Å². The van der Waals surface area contributed by atoms with Gasteiger partial charge in [0.25, 0.3) is 0 Å². The van der Waals surface area contributed by atoms with Crippen molar-refractivity contribution in [2.75, 3.05) is 0 Å². The van der Waals surface area contributed by atoms with Crippen molar-refractivity contribution >= 4 is 16.4 Å². The minimum absolute atomic E-state index is 0.178. The first-order valence-corrected chi connectivity index (χ1v) is 15.9. The highest BCUT2D eigenvalue weighted by molar-refractivity contribution is 7.80. The summed E-state index contributed by atoms with van der Waals surface area (Å²) in [6, 6.07) is 0. The zero-order chi connectivity index (χ0) is 27.8. The van der Waals surface area contributed by atoms with Gasteiger partial charge in [0, 0.05) is 6.92 Å². The Labute approximate surface area is 227 Å². The lowest BCUT2D eigenvalue weighted by molar-refractivity contribution is -0.189. The number of rotatable bonds is 7. The summed E-state index contributed by atoms with van der Waals surface area (Å²) in [5.41, 5.74) is 1.20. The summed E-state index contributed by atoms with van der Waals surface area (Å²) in [4.78, 5) is 11.9. The summed E-state index contributed by atoms with van der Waals surface area (Å²) in [5, 5.41) is 11.0. The van der Waals surface area contributed by atoms with E-state index in [-0.39, 0.29) is 17.3 Å². The number of esters is 1. The lowest BCUT2D eigenvalue weighted by Crippen LogP contribution is -2.61. The second-order valence-electron chi connectivity index (χ2n) is 13.8. The van der Waals surface area contributed by atoms with Crippen LogP contribution in [0.5, 0.6) is 0 Å². The lowest BCUT2D eigenvalue weighted by atomic mass is 9.47.